The van der Waals surface area contributed by atoms with E-state index >= 15 is 0 Å². The number of amides is 3. The third-order valence-electron chi connectivity index (χ3n) is 6.49. The zero-order chi connectivity index (χ0) is 28.6. The number of aliphatic carboxylic acids is 1. The Balaban J connectivity index is 1.63. The van der Waals surface area contributed by atoms with E-state index in [4.69, 9.17) is 9.63 Å². The number of anilines is 1. The van der Waals surface area contributed by atoms with Crippen LogP contribution in [0.2, 0.25) is 0 Å². The first-order valence-electron chi connectivity index (χ1n) is 12.7. The highest BCUT2D eigenvalue weighted by atomic mass is 16.5. The van der Waals surface area contributed by atoms with Gasteiger partial charge in [0.05, 0.1) is 0 Å². The number of hydrogen-bond donors (Lipinski definition) is 4. The number of carbonyl (C=O) groups excluding carboxylic acids is 3. The van der Waals surface area contributed by atoms with Crippen molar-refractivity contribution in [1.29, 1.82) is 0 Å². The van der Waals surface area contributed by atoms with Crippen molar-refractivity contribution < 1.29 is 28.8 Å². The number of aromatic nitrogens is 2. The molecule has 0 spiro atoms. The fourth-order valence-corrected chi connectivity index (χ4v) is 4.50. The molecule has 3 atom stereocenters. The number of carboxylic acid groups (broad SMARTS) is 1. The van der Waals surface area contributed by atoms with E-state index in [1.54, 1.807) is 19.1 Å². The quantitative estimate of drug-likeness (QED) is 0.263. The van der Waals surface area contributed by atoms with Crippen LogP contribution in [-0.2, 0) is 20.8 Å². The molecule has 1 fully saturated rings. The molecule has 1 aromatic carbocycles. The van der Waals surface area contributed by atoms with Gasteiger partial charge in [0.15, 0.2) is 5.69 Å². The van der Waals surface area contributed by atoms with Crippen LogP contribution in [-0.4, -0.2) is 51.1 Å². The van der Waals surface area contributed by atoms with Crippen LogP contribution in [0.25, 0.3) is 0 Å². The number of benzene rings is 1. The summed E-state index contributed by atoms with van der Waals surface area (Å²) in [7, 11) is 0. The van der Waals surface area contributed by atoms with E-state index < -0.39 is 41.3 Å². The second-order valence-electron chi connectivity index (χ2n) is 9.44. The highest BCUT2D eigenvalue weighted by Gasteiger charge is 2.30. The summed E-state index contributed by atoms with van der Waals surface area (Å²) in [5.74, 6) is -2.53. The normalized spacial score (nSPS) is 16.3. The molecular weight excluding hydrogens is 518 g/mol. The lowest BCUT2D eigenvalue weighted by Gasteiger charge is -2.24. The molecule has 12 nitrogen and oxygen atoms in total. The average Bonchev–Trinajstić information content (AvgIpc) is 3.55. The first kappa shape index (κ1) is 28.0. The maximum Gasteiger partial charge on any atom is 0.328 e. The molecule has 0 bridgehead atoms. The van der Waals surface area contributed by atoms with Gasteiger partial charge < -0.3 is 30.1 Å². The van der Waals surface area contributed by atoms with Crippen molar-refractivity contribution in [2.45, 2.75) is 38.3 Å². The molecule has 0 saturated carbocycles. The topological polar surface area (TPSA) is 173 Å². The Morgan fingerprint density at radius 1 is 1.20 bits per heavy atom. The minimum atomic E-state index is -1.20. The van der Waals surface area contributed by atoms with Crippen LogP contribution in [0, 0.1) is 12.8 Å². The standard InChI is InChI=1S/C28H29N5O7/c1-17-14-22(32-40-17)26(37)31-21-8-5-13-33(28(21)39)23(15-18-6-3-2-4-7-18)27(38)30-20(9-10-24(34)35)16-19-11-12-29-25(19)36/h2-10,13-14,19-20,23H,11-12,15-16H2,1H3,(H,29,36)(H,30,38)(H,31,37)(H,34,35)/b10-9+/t19-,20+,23-/m0/s1. The van der Waals surface area contributed by atoms with Gasteiger partial charge in [-0.05, 0) is 37.5 Å². The number of carboxylic acids is 1. The Labute approximate surface area is 229 Å². The Kier molecular flexibility index (Phi) is 8.89. The summed E-state index contributed by atoms with van der Waals surface area (Å²) < 4.78 is 6.14. The predicted octanol–water partition coefficient (Wildman–Crippen LogP) is 1.83. The molecule has 3 heterocycles. The molecule has 40 heavy (non-hydrogen) atoms. The first-order chi connectivity index (χ1) is 19.2. The van der Waals surface area contributed by atoms with Gasteiger partial charge in [-0.3, -0.25) is 19.2 Å². The Morgan fingerprint density at radius 3 is 2.62 bits per heavy atom. The van der Waals surface area contributed by atoms with Gasteiger partial charge >= 0.3 is 5.97 Å². The van der Waals surface area contributed by atoms with Gasteiger partial charge in [-0.1, -0.05) is 41.6 Å². The minimum absolute atomic E-state index is 0.00473. The predicted molar refractivity (Wildman–Crippen MR) is 144 cm³/mol. The Hall–Kier alpha value is -5.00. The van der Waals surface area contributed by atoms with Crippen LogP contribution in [0.4, 0.5) is 5.69 Å². The molecule has 0 radical (unpaired) electrons. The molecule has 12 heteroatoms. The number of pyridine rings is 1. The Bertz CT molecular complexity index is 1480. The Morgan fingerprint density at radius 2 is 1.98 bits per heavy atom. The fourth-order valence-electron chi connectivity index (χ4n) is 4.50. The van der Waals surface area contributed by atoms with Crippen LogP contribution in [0.1, 0.15) is 40.7 Å². The third-order valence-corrected chi connectivity index (χ3v) is 6.49. The van der Waals surface area contributed by atoms with E-state index in [1.165, 1.54) is 35.0 Å². The summed E-state index contributed by atoms with van der Waals surface area (Å²) in [5, 5.41) is 20.9. The van der Waals surface area contributed by atoms with Gasteiger partial charge in [0.1, 0.15) is 17.5 Å². The van der Waals surface area contributed by atoms with E-state index in [2.05, 4.69) is 21.1 Å². The van der Waals surface area contributed by atoms with Crippen molar-refractivity contribution in [3.8, 4) is 0 Å². The van der Waals surface area contributed by atoms with Gasteiger partial charge in [-0.2, -0.15) is 0 Å². The number of nitrogens with zero attached hydrogens (tertiary/aromatic N) is 2. The highest BCUT2D eigenvalue weighted by Crippen LogP contribution is 2.19. The van der Waals surface area contributed by atoms with Crippen molar-refractivity contribution in [2.24, 2.45) is 5.92 Å². The zero-order valence-corrected chi connectivity index (χ0v) is 21.7. The second-order valence-corrected chi connectivity index (χ2v) is 9.44. The lowest BCUT2D eigenvalue weighted by Crippen LogP contribution is -2.43. The summed E-state index contributed by atoms with van der Waals surface area (Å²) in [6, 6.07) is 11.6. The minimum Gasteiger partial charge on any atom is -0.478 e. The van der Waals surface area contributed by atoms with Crippen molar-refractivity contribution in [1.82, 2.24) is 20.4 Å². The summed E-state index contributed by atoms with van der Waals surface area (Å²) >= 11 is 0. The van der Waals surface area contributed by atoms with E-state index in [0.29, 0.717) is 18.7 Å². The zero-order valence-electron chi connectivity index (χ0n) is 21.7. The van der Waals surface area contributed by atoms with Crippen molar-refractivity contribution in [3.63, 3.8) is 0 Å². The maximum absolute atomic E-state index is 13.7. The van der Waals surface area contributed by atoms with Gasteiger partial charge in [0.25, 0.3) is 11.5 Å². The molecule has 1 aliphatic heterocycles. The smallest absolute Gasteiger partial charge is 0.328 e. The molecule has 0 unspecified atom stereocenters. The summed E-state index contributed by atoms with van der Waals surface area (Å²) in [6.07, 6.45) is 4.57. The lowest BCUT2D eigenvalue weighted by molar-refractivity contribution is -0.131. The van der Waals surface area contributed by atoms with E-state index in [1.807, 2.05) is 18.2 Å². The van der Waals surface area contributed by atoms with Gasteiger partial charge in [0, 0.05) is 43.3 Å². The van der Waals surface area contributed by atoms with E-state index in [0.717, 1.165) is 11.6 Å². The number of hydrogen-bond acceptors (Lipinski definition) is 7. The highest BCUT2D eigenvalue weighted by molar-refractivity contribution is 6.02. The van der Waals surface area contributed by atoms with Crippen molar-refractivity contribution in [3.05, 3.63) is 94.3 Å². The molecule has 2 aromatic heterocycles. The van der Waals surface area contributed by atoms with Gasteiger partial charge in [-0.25, -0.2) is 4.79 Å². The monoisotopic (exact) mass is 547 g/mol. The summed E-state index contributed by atoms with van der Waals surface area (Å²) in [5.41, 5.74) is 0.0775. The SMILES string of the molecule is Cc1cc(C(=O)Nc2cccn([C@@H](Cc3ccccc3)C(=O)N[C@H](/C=C/C(=O)O)C[C@@H]3CCNC3=O)c2=O)no1. The second kappa shape index (κ2) is 12.7. The number of carbonyl (C=O) groups is 4. The van der Waals surface area contributed by atoms with Crippen LogP contribution in [0.3, 0.4) is 0 Å². The number of nitrogens with one attached hydrogen (secondary N) is 3. The fraction of sp³-hybridized carbons (Fsp3) is 0.286. The number of rotatable bonds is 11. The molecule has 3 amide bonds. The molecule has 4 N–H and O–H groups in total. The molecular formula is C28H29N5O7. The molecule has 1 saturated heterocycles. The number of aryl methyl sites for hydroxylation is 1. The first-order valence-corrected chi connectivity index (χ1v) is 12.7. The van der Waals surface area contributed by atoms with E-state index in [-0.39, 0.29) is 30.1 Å². The largest absolute Gasteiger partial charge is 0.478 e. The average molecular weight is 548 g/mol. The van der Waals surface area contributed by atoms with Gasteiger partial charge in [-0.15, -0.1) is 0 Å². The van der Waals surface area contributed by atoms with Crippen LogP contribution < -0.4 is 21.5 Å². The summed E-state index contributed by atoms with van der Waals surface area (Å²) in [4.78, 5) is 63.1. The van der Waals surface area contributed by atoms with Crippen molar-refractivity contribution >= 4 is 29.4 Å². The molecule has 3 aromatic rings. The van der Waals surface area contributed by atoms with Gasteiger partial charge in [0.2, 0.25) is 11.8 Å². The summed E-state index contributed by atoms with van der Waals surface area (Å²) in [6.45, 7) is 2.13. The molecule has 208 valence electrons. The third kappa shape index (κ3) is 7.10. The van der Waals surface area contributed by atoms with Crippen LogP contribution >= 0.6 is 0 Å². The molecule has 0 aliphatic carbocycles. The van der Waals surface area contributed by atoms with Crippen LogP contribution in [0.15, 0.2) is 76.2 Å². The van der Waals surface area contributed by atoms with Crippen LogP contribution in [0.5, 0.6) is 0 Å². The maximum atomic E-state index is 13.7. The van der Waals surface area contributed by atoms with Crippen molar-refractivity contribution in [2.75, 3.05) is 11.9 Å². The molecule has 1 aliphatic rings. The van der Waals surface area contributed by atoms with E-state index in [9.17, 15) is 24.0 Å². The molecule has 4 rings (SSSR count). The lowest BCUT2D eigenvalue weighted by atomic mass is 9.97.